The highest BCUT2D eigenvalue weighted by atomic mass is 16.3. The lowest BCUT2D eigenvalue weighted by Gasteiger charge is -2.53. The summed E-state index contributed by atoms with van der Waals surface area (Å²) in [5.74, 6) is 0.395. The standard InChI is InChI=1S/C30H45NO/c1-4-6-7-8-9-10-17-23-30(32)24(3)28(25-19-13-11-14-20-25)31-29(27(30)18-5-2)26-21-15-12-16-22-26/h11-16,19-22,24,27-29,31-32H,4-10,17-18,23H2,1-3H3/t24-,27-,28+,29+,30+/m0/s1. The van der Waals surface area contributed by atoms with Gasteiger partial charge in [0.15, 0.2) is 0 Å². The summed E-state index contributed by atoms with van der Waals surface area (Å²) < 4.78 is 0. The normalized spacial score (nSPS) is 28.0. The first-order valence-electron chi connectivity index (χ1n) is 13.2. The second-order valence-electron chi connectivity index (χ2n) is 9.99. The molecule has 0 amide bonds. The Morgan fingerprint density at radius 3 is 1.81 bits per heavy atom. The number of hydrogen-bond acceptors (Lipinski definition) is 2. The van der Waals surface area contributed by atoms with Gasteiger partial charge in [-0.1, -0.05) is 133 Å². The molecule has 2 N–H and O–H groups in total. The van der Waals surface area contributed by atoms with Crippen molar-refractivity contribution in [2.75, 3.05) is 0 Å². The van der Waals surface area contributed by atoms with Crippen LogP contribution in [0.2, 0.25) is 0 Å². The first-order chi connectivity index (χ1) is 15.6. The SMILES string of the molecule is CCCCCCCCC[C@@]1(O)[C@@H](C)[C@H](c2ccccc2)N[C@H](c2ccccc2)[C@@H]1CCC. The third-order valence-corrected chi connectivity index (χ3v) is 7.79. The predicted octanol–water partition coefficient (Wildman–Crippen LogP) is 8.00. The molecule has 176 valence electrons. The lowest BCUT2D eigenvalue weighted by molar-refractivity contribution is -0.126. The minimum absolute atomic E-state index is 0.157. The molecule has 0 saturated carbocycles. The molecule has 0 radical (unpaired) electrons. The maximum Gasteiger partial charge on any atom is 0.0737 e. The summed E-state index contributed by atoms with van der Waals surface area (Å²) in [7, 11) is 0. The van der Waals surface area contributed by atoms with Crippen LogP contribution in [-0.2, 0) is 0 Å². The highest BCUT2D eigenvalue weighted by molar-refractivity contribution is 5.28. The van der Waals surface area contributed by atoms with Gasteiger partial charge >= 0.3 is 0 Å². The number of rotatable bonds is 12. The van der Waals surface area contributed by atoms with E-state index < -0.39 is 5.60 Å². The Morgan fingerprint density at radius 1 is 0.719 bits per heavy atom. The average molecular weight is 436 g/mol. The molecule has 2 nitrogen and oxygen atoms in total. The fraction of sp³-hybridized carbons (Fsp3) is 0.600. The van der Waals surface area contributed by atoms with E-state index in [2.05, 4.69) is 86.8 Å². The molecular formula is C30H45NO. The van der Waals surface area contributed by atoms with Crippen molar-refractivity contribution >= 4 is 0 Å². The van der Waals surface area contributed by atoms with E-state index >= 15 is 0 Å². The first kappa shape index (κ1) is 25.0. The van der Waals surface area contributed by atoms with Crippen LogP contribution in [0.1, 0.15) is 108 Å². The van der Waals surface area contributed by atoms with Crippen molar-refractivity contribution < 1.29 is 5.11 Å². The third kappa shape index (κ3) is 6.02. The largest absolute Gasteiger partial charge is 0.389 e. The van der Waals surface area contributed by atoms with Gasteiger partial charge in [0.1, 0.15) is 0 Å². The van der Waals surface area contributed by atoms with E-state index in [0.717, 1.165) is 25.7 Å². The summed E-state index contributed by atoms with van der Waals surface area (Å²) in [4.78, 5) is 0. The van der Waals surface area contributed by atoms with Gasteiger partial charge in [0.05, 0.1) is 5.60 Å². The number of unbranched alkanes of at least 4 members (excludes halogenated alkanes) is 6. The van der Waals surface area contributed by atoms with Crippen molar-refractivity contribution in [2.45, 2.75) is 103 Å². The molecule has 0 bridgehead atoms. The maximum absolute atomic E-state index is 12.4. The topological polar surface area (TPSA) is 32.3 Å². The minimum atomic E-state index is -0.661. The zero-order chi connectivity index (χ0) is 22.8. The van der Waals surface area contributed by atoms with Crippen molar-refractivity contribution in [3.8, 4) is 0 Å². The van der Waals surface area contributed by atoms with Crippen LogP contribution in [-0.4, -0.2) is 10.7 Å². The average Bonchev–Trinajstić information content (AvgIpc) is 2.83. The molecular weight excluding hydrogens is 390 g/mol. The van der Waals surface area contributed by atoms with E-state index in [0.29, 0.717) is 0 Å². The molecule has 0 unspecified atom stereocenters. The second kappa shape index (κ2) is 12.6. The molecule has 2 aromatic rings. The molecule has 1 fully saturated rings. The van der Waals surface area contributed by atoms with E-state index in [1.165, 1.54) is 49.7 Å². The van der Waals surface area contributed by atoms with Crippen molar-refractivity contribution in [2.24, 2.45) is 11.8 Å². The van der Waals surface area contributed by atoms with Gasteiger partial charge in [0.25, 0.3) is 0 Å². The zero-order valence-electron chi connectivity index (χ0n) is 20.6. The molecule has 2 heteroatoms. The number of benzene rings is 2. The van der Waals surface area contributed by atoms with Gasteiger partial charge in [-0.25, -0.2) is 0 Å². The highest BCUT2D eigenvalue weighted by Crippen LogP contribution is 2.50. The maximum atomic E-state index is 12.4. The fourth-order valence-electron chi connectivity index (χ4n) is 5.91. The Labute approximate surface area is 196 Å². The summed E-state index contributed by atoms with van der Waals surface area (Å²) >= 11 is 0. The van der Waals surface area contributed by atoms with Crippen LogP contribution in [0.25, 0.3) is 0 Å². The molecule has 1 saturated heterocycles. The van der Waals surface area contributed by atoms with E-state index in [1.807, 2.05) is 0 Å². The summed E-state index contributed by atoms with van der Waals surface area (Å²) in [6.07, 6.45) is 12.0. The van der Waals surface area contributed by atoms with Gasteiger partial charge in [0.2, 0.25) is 0 Å². The molecule has 0 aromatic heterocycles. The van der Waals surface area contributed by atoms with E-state index in [4.69, 9.17) is 0 Å². The Balaban J connectivity index is 1.84. The highest BCUT2D eigenvalue weighted by Gasteiger charge is 2.52. The second-order valence-corrected chi connectivity index (χ2v) is 9.99. The Bertz CT molecular complexity index is 761. The Morgan fingerprint density at radius 2 is 1.25 bits per heavy atom. The van der Waals surface area contributed by atoms with Crippen LogP contribution < -0.4 is 5.32 Å². The molecule has 3 rings (SSSR count). The van der Waals surface area contributed by atoms with E-state index in [9.17, 15) is 5.11 Å². The van der Waals surface area contributed by atoms with Crippen LogP contribution in [0.15, 0.2) is 60.7 Å². The molecule has 2 aromatic carbocycles. The van der Waals surface area contributed by atoms with Gasteiger partial charge in [0, 0.05) is 23.9 Å². The quantitative estimate of drug-likeness (QED) is 0.331. The Hall–Kier alpha value is -1.64. The minimum Gasteiger partial charge on any atom is -0.389 e. The third-order valence-electron chi connectivity index (χ3n) is 7.79. The summed E-state index contributed by atoms with van der Waals surface area (Å²) in [5.41, 5.74) is 1.93. The van der Waals surface area contributed by atoms with Gasteiger partial charge in [-0.15, -0.1) is 0 Å². The van der Waals surface area contributed by atoms with Crippen LogP contribution in [0.5, 0.6) is 0 Å². The van der Waals surface area contributed by atoms with Crippen molar-refractivity contribution in [3.63, 3.8) is 0 Å². The lowest BCUT2D eigenvalue weighted by Crippen LogP contribution is -2.58. The Kier molecular flexibility index (Phi) is 9.81. The van der Waals surface area contributed by atoms with Crippen molar-refractivity contribution in [3.05, 3.63) is 71.8 Å². The molecule has 1 heterocycles. The molecule has 1 aliphatic rings. The van der Waals surface area contributed by atoms with Crippen LogP contribution >= 0.6 is 0 Å². The van der Waals surface area contributed by atoms with E-state index in [-0.39, 0.29) is 23.9 Å². The molecule has 0 aliphatic carbocycles. The first-order valence-corrected chi connectivity index (χ1v) is 13.2. The summed E-state index contributed by atoms with van der Waals surface area (Å²) in [6, 6.07) is 21.9. The number of hydrogen-bond donors (Lipinski definition) is 2. The van der Waals surface area contributed by atoms with Crippen molar-refractivity contribution in [1.29, 1.82) is 0 Å². The molecule has 0 spiro atoms. The van der Waals surface area contributed by atoms with Gasteiger partial charge < -0.3 is 10.4 Å². The van der Waals surface area contributed by atoms with E-state index in [1.54, 1.807) is 0 Å². The summed E-state index contributed by atoms with van der Waals surface area (Å²) in [5, 5.41) is 16.4. The number of aliphatic hydroxyl groups is 1. The molecule has 1 aliphatic heterocycles. The van der Waals surface area contributed by atoms with Crippen LogP contribution in [0.4, 0.5) is 0 Å². The summed E-state index contributed by atoms with van der Waals surface area (Å²) in [6.45, 7) is 6.80. The predicted molar refractivity (Wildman–Crippen MR) is 137 cm³/mol. The smallest absolute Gasteiger partial charge is 0.0737 e. The zero-order valence-corrected chi connectivity index (χ0v) is 20.6. The lowest BCUT2D eigenvalue weighted by atomic mass is 9.62. The van der Waals surface area contributed by atoms with Crippen LogP contribution in [0.3, 0.4) is 0 Å². The number of piperidine rings is 1. The number of nitrogens with one attached hydrogen (secondary N) is 1. The van der Waals surface area contributed by atoms with Crippen molar-refractivity contribution in [1.82, 2.24) is 5.32 Å². The van der Waals surface area contributed by atoms with Crippen LogP contribution in [0, 0.1) is 11.8 Å². The fourth-order valence-corrected chi connectivity index (χ4v) is 5.91. The molecule has 5 atom stereocenters. The van der Waals surface area contributed by atoms with Gasteiger partial charge in [-0.05, 0) is 24.0 Å². The van der Waals surface area contributed by atoms with Gasteiger partial charge in [-0.2, -0.15) is 0 Å². The monoisotopic (exact) mass is 435 g/mol. The van der Waals surface area contributed by atoms with Gasteiger partial charge in [-0.3, -0.25) is 0 Å². The molecule has 32 heavy (non-hydrogen) atoms.